The molecule has 1 atom stereocenters. The van der Waals surface area contributed by atoms with Crippen LogP contribution in [0.2, 0.25) is 0 Å². The summed E-state index contributed by atoms with van der Waals surface area (Å²) in [7, 11) is 0. The Balaban J connectivity index is 2.12. The van der Waals surface area contributed by atoms with Gasteiger partial charge in [0.2, 0.25) is 0 Å². The fraction of sp³-hybridized carbons (Fsp3) is 0.200. The van der Waals surface area contributed by atoms with Crippen LogP contribution in [0.4, 0.5) is 13.2 Å². The summed E-state index contributed by atoms with van der Waals surface area (Å²) in [4.78, 5) is 0. The first-order valence-electron chi connectivity index (χ1n) is 6.75. The number of rotatable bonds is 1. The van der Waals surface area contributed by atoms with E-state index in [0.29, 0.717) is 11.3 Å². The smallest absolute Gasteiger partial charge is 0.286 e. The van der Waals surface area contributed by atoms with Gasteiger partial charge in [-0.3, -0.25) is 5.43 Å². The van der Waals surface area contributed by atoms with Crippen LogP contribution in [0.5, 0.6) is 0 Å². The van der Waals surface area contributed by atoms with E-state index in [2.05, 4.69) is 15.6 Å². The predicted octanol–water partition coefficient (Wildman–Crippen LogP) is 3.76. The molecule has 1 N–H and O–H groups in total. The molecule has 2 aromatic rings. The van der Waals surface area contributed by atoms with Crippen molar-refractivity contribution in [1.29, 1.82) is 0 Å². The minimum absolute atomic E-state index is 0.230. The molecule has 23 heavy (non-hydrogen) atoms. The van der Waals surface area contributed by atoms with Crippen molar-refractivity contribution in [2.75, 3.05) is 0 Å². The second-order valence-electron chi connectivity index (χ2n) is 5.05. The molecule has 1 aliphatic heterocycles. The molecule has 0 bridgehead atoms. The highest BCUT2D eigenvalue weighted by atomic mass is 35.5. The lowest BCUT2D eigenvalue weighted by molar-refractivity contribution is -0.141. The first-order valence-corrected chi connectivity index (χ1v) is 7.18. The zero-order chi connectivity index (χ0) is 16.6. The van der Waals surface area contributed by atoms with E-state index in [-0.39, 0.29) is 5.84 Å². The molecule has 120 valence electrons. The summed E-state index contributed by atoms with van der Waals surface area (Å²) in [5, 5.41) is 7.62. The van der Waals surface area contributed by atoms with Gasteiger partial charge in [0.25, 0.3) is 0 Å². The van der Waals surface area contributed by atoms with Crippen LogP contribution >= 0.6 is 11.6 Å². The molecule has 0 amide bonds. The van der Waals surface area contributed by atoms with Gasteiger partial charge in [0.1, 0.15) is 5.50 Å². The molecule has 1 aliphatic rings. The van der Waals surface area contributed by atoms with E-state index in [1.807, 2.05) is 19.1 Å². The van der Waals surface area contributed by atoms with E-state index in [4.69, 9.17) is 11.6 Å². The first-order chi connectivity index (χ1) is 10.8. The summed E-state index contributed by atoms with van der Waals surface area (Å²) in [6, 6.07) is 8.15. The summed E-state index contributed by atoms with van der Waals surface area (Å²) in [5.41, 5.74) is 3.04. The van der Waals surface area contributed by atoms with Crippen LogP contribution in [-0.4, -0.2) is 21.1 Å². The van der Waals surface area contributed by atoms with Crippen LogP contribution in [0.25, 0.3) is 11.3 Å². The lowest BCUT2D eigenvalue weighted by Gasteiger charge is -2.13. The largest absolute Gasteiger partial charge is 0.435 e. The maximum atomic E-state index is 13.0. The SMILES string of the molecule is Cc1ccc(-c2cc(C(F)(F)F)nn2C2=NNC(Cl)C=C2)cc1. The summed E-state index contributed by atoms with van der Waals surface area (Å²) in [6.45, 7) is 1.90. The lowest BCUT2D eigenvalue weighted by Crippen LogP contribution is -2.26. The average Bonchev–Trinajstić information content (AvgIpc) is 2.94. The van der Waals surface area contributed by atoms with E-state index in [1.165, 1.54) is 6.08 Å². The fourth-order valence-corrected chi connectivity index (χ4v) is 2.24. The number of benzene rings is 1. The summed E-state index contributed by atoms with van der Waals surface area (Å²) in [5.74, 6) is 0.230. The van der Waals surface area contributed by atoms with E-state index >= 15 is 0 Å². The summed E-state index contributed by atoms with van der Waals surface area (Å²) < 4.78 is 40.2. The Bertz CT molecular complexity index is 775. The van der Waals surface area contributed by atoms with Crippen molar-refractivity contribution in [3.63, 3.8) is 0 Å². The first kappa shape index (κ1) is 15.6. The van der Waals surface area contributed by atoms with Gasteiger partial charge in [0.05, 0.1) is 5.69 Å². The number of halogens is 4. The molecule has 1 aromatic heterocycles. The number of aromatic nitrogens is 2. The van der Waals surface area contributed by atoms with Gasteiger partial charge in [0, 0.05) is 5.56 Å². The van der Waals surface area contributed by atoms with Crippen LogP contribution < -0.4 is 5.43 Å². The Morgan fingerprint density at radius 2 is 1.91 bits per heavy atom. The van der Waals surface area contributed by atoms with Crippen LogP contribution in [0.3, 0.4) is 0 Å². The third kappa shape index (κ3) is 3.24. The molecular formula is C15H12ClF3N4. The third-order valence-corrected chi connectivity index (χ3v) is 3.52. The molecule has 0 saturated carbocycles. The maximum absolute atomic E-state index is 13.0. The van der Waals surface area contributed by atoms with Crippen molar-refractivity contribution in [1.82, 2.24) is 15.2 Å². The highest BCUT2D eigenvalue weighted by Gasteiger charge is 2.35. The van der Waals surface area contributed by atoms with E-state index in [1.54, 1.807) is 18.2 Å². The number of allylic oxidation sites excluding steroid dienone is 1. The quantitative estimate of drug-likeness (QED) is 0.634. The van der Waals surface area contributed by atoms with Crippen LogP contribution in [0.1, 0.15) is 11.3 Å². The second-order valence-corrected chi connectivity index (χ2v) is 5.52. The number of hydrogen-bond acceptors (Lipinski definition) is 3. The topological polar surface area (TPSA) is 42.2 Å². The molecule has 1 aromatic carbocycles. The molecule has 0 spiro atoms. The number of aryl methyl sites for hydroxylation is 1. The molecule has 1 unspecified atom stereocenters. The van der Waals surface area contributed by atoms with Crippen molar-refractivity contribution in [2.24, 2.45) is 5.10 Å². The molecular weight excluding hydrogens is 329 g/mol. The minimum Gasteiger partial charge on any atom is -0.286 e. The Hall–Kier alpha value is -2.28. The van der Waals surface area contributed by atoms with Crippen molar-refractivity contribution in [3.05, 3.63) is 53.7 Å². The molecule has 0 aliphatic carbocycles. The average molecular weight is 341 g/mol. The van der Waals surface area contributed by atoms with Crippen molar-refractivity contribution in [2.45, 2.75) is 18.6 Å². The second kappa shape index (κ2) is 5.73. The van der Waals surface area contributed by atoms with Gasteiger partial charge in [-0.2, -0.15) is 23.4 Å². The molecule has 2 heterocycles. The van der Waals surface area contributed by atoms with Crippen molar-refractivity contribution >= 4 is 17.4 Å². The number of alkyl halides is 4. The van der Waals surface area contributed by atoms with Gasteiger partial charge < -0.3 is 0 Å². The van der Waals surface area contributed by atoms with Gasteiger partial charge in [-0.15, -0.1) is 0 Å². The van der Waals surface area contributed by atoms with Gasteiger partial charge in [-0.1, -0.05) is 41.4 Å². The van der Waals surface area contributed by atoms with Gasteiger partial charge >= 0.3 is 6.18 Å². The van der Waals surface area contributed by atoms with Crippen molar-refractivity contribution < 1.29 is 13.2 Å². The van der Waals surface area contributed by atoms with E-state index in [0.717, 1.165) is 16.3 Å². The summed E-state index contributed by atoms with van der Waals surface area (Å²) in [6.07, 6.45) is -1.43. The van der Waals surface area contributed by atoms with Gasteiger partial charge in [0.15, 0.2) is 11.5 Å². The third-order valence-electron chi connectivity index (χ3n) is 3.28. The molecule has 0 fully saturated rings. The van der Waals surface area contributed by atoms with Crippen LogP contribution in [-0.2, 0) is 6.18 Å². The lowest BCUT2D eigenvalue weighted by atomic mass is 10.1. The number of hydrazone groups is 1. The van der Waals surface area contributed by atoms with Crippen LogP contribution in [0, 0.1) is 6.92 Å². The monoisotopic (exact) mass is 340 g/mol. The predicted molar refractivity (Wildman–Crippen MR) is 82.2 cm³/mol. The highest BCUT2D eigenvalue weighted by molar-refractivity contribution is 6.22. The molecule has 4 nitrogen and oxygen atoms in total. The summed E-state index contributed by atoms with van der Waals surface area (Å²) >= 11 is 5.81. The fourth-order valence-electron chi connectivity index (χ4n) is 2.12. The molecule has 0 saturated heterocycles. The standard InChI is InChI=1S/C15H12ClF3N4/c1-9-2-4-10(5-3-9)11-8-12(15(17,18)19)22-23(11)14-7-6-13(16)20-21-14/h2-8,13,20H,1H3. The Kier molecular flexibility index (Phi) is 3.89. The van der Waals surface area contributed by atoms with Gasteiger partial charge in [-0.25, -0.2) is 4.68 Å². The van der Waals surface area contributed by atoms with Crippen LogP contribution in [0.15, 0.2) is 47.6 Å². The normalized spacial score (nSPS) is 17.8. The van der Waals surface area contributed by atoms with E-state index in [9.17, 15) is 13.2 Å². The zero-order valence-corrected chi connectivity index (χ0v) is 12.7. The molecule has 3 rings (SSSR count). The molecule has 0 radical (unpaired) electrons. The molecule has 8 heteroatoms. The maximum Gasteiger partial charge on any atom is 0.435 e. The number of nitrogens with one attached hydrogen (secondary N) is 1. The van der Waals surface area contributed by atoms with Gasteiger partial charge in [-0.05, 0) is 25.1 Å². The minimum atomic E-state index is -4.54. The van der Waals surface area contributed by atoms with E-state index < -0.39 is 17.4 Å². The highest BCUT2D eigenvalue weighted by Crippen LogP contribution is 2.32. The Morgan fingerprint density at radius 3 is 2.48 bits per heavy atom. The Morgan fingerprint density at radius 1 is 1.22 bits per heavy atom. The van der Waals surface area contributed by atoms with Crippen molar-refractivity contribution in [3.8, 4) is 11.3 Å². The number of nitrogens with zero attached hydrogens (tertiary/aromatic N) is 3. The number of hydrogen-bond donors (Lipinski definition) is 1. The zero-order valence-electron chi connectivity index (χ0n) is 12.0. The Labute approximate surface area is 135 Å².